The van der Waals surface area contributed by atoms with Crippen LogP contribution in [0.3, 0.4) is 0 Å². The Labute approximate surface area is 128 Å². The summed E-state index contributed by atoms with van der Waals surface area (Å²) < 4.78 is 10.9. The van der Waals surface area contributed by atoms with Gasteiger partial charge < -0.3 is 13.9 Å². The second kappa shape index (κ2) is 4.60. The normalized spacial score (nSPS) is 13.4. The summed E-state index contributed by atoms with van der Waals surface area (Å²) in [6.45, 7) is 0. The molecule has 2 aromatic carbocycles. The second-order valence-corrected chi connectivity index (χ2v) is 5.54. The minimum absolute atomic E-state index is 0.0554. The molecule has 1 aromatic heterocycles. The van der Waals surface area contributed by atoms with Gasteiger partial charge in [-0.3, -0.25) is 0 Å². The molecule has 0 aliphatic carbocycles. The summed E-state index contributed by atoms with van der Waals surface area (Å²) >= 11 is 5.55. The number of fused-ring (bicyclic) bond motifs is 2. The molecule has 2 heterocycles. The van der Waals surface area contributed by atoms with Crippen LogP contribution in [0.1, 0.15) is 17.2 Å². The number of para-hydroxylation sites is 2. The number of aryl methyl sites for hydroxylation is 1. The first kappa shape index (κ1) is 12.4. The molecule has 3 aromatic rings. The number of aromatic nitrogens is 2. The van der Waals surface area contributed by atoms with E-state index in [2.05, 4.69) is 16.7 Å². The molecule has 0 spiro atoms. The first-order valence-corrected chi connectivity index (χ1v) is 7.26. The van der Waals surface area contributed by atoms with Gasteiger partial charge in [-0.2, -0.15) is 0 Å². The molecule has 1 aliphatic heterocycles. The van der Waals surface area contributed by atoms with Crippen molar-refractivity contribution in [2.75, 3.05) is 0 Å². The molecule has 0 saturated heterocycles. The molecule has 0 atom stereocenters. The fourth-order valence-electron chi connectivity index (χ4n) is 2.86. The van der Waals surface area contributed by atoms with E-state index in [0.717, 1.165) is 27.4 Å². The average molecular weight is 294 g/mol. The molecule has 0 fully saturated rings. The lowest BCUT2D eigenvalue weighted by Crippen LogP contribution is -2.17. The first-order chi connectivity index (χ1) is 10.3. The molecule has 4 heteroatoms. The van der Waals surface area contributed by atoms with Crippen LogP contribution in [0.4, 0.5) is 0 Å². The number of rotatable bonds is 1. The van der Waals surface area contributed by atoms with Gasteiger partial charge in [-0.05, 0) is 24.4 Å². The summed E-state index contributed by atoms with van der Waals surface area (Å²) in [5.41, 5.74) is 2.28. The van der Waals surface area contributed by atoms with Gasteiger partial charge in [-0.1, -0.05) is 36.4 Å². The summed E-state index contributed by atoms with van der Waals surface area (Å²) in [5, 5.41) is 0. The molecule has 0 bridgehead atoms. The highest BCUT2D eigenvalue weighted by Crippen LogP contribution is 2.44. The molecule has 104 valence electrons. The van der Waals surface area contributed by atoms with Crippen LogP contribution in [-0.2, 0) is 7.05 Å². The predicted molar refractivity (Wildman–Crippen MR) is 84.4 cm³/mol. The topological polar surface area (TPSA) is 19.1 Å². The third-order valence-electron chi connectivity index (χ3n) is 3.90. The summed E-state index contributed by atoms with van der Waals surface area (Å²) in [4.78, 5) is 0. The maximum Gasteiger partial charge on any atom is 0.180 e. The monoisotopic (exact) mass is 294 g/mol. The Morgan fingerprint density at radius 2 is 1.48 bits per heavy atom. The largest absolute Gasteiger partial charge is 0.457 e. The minimum atomic E-state index is 0.0554. The van der Waals surface area contributed by atoms with Crippen LogP contribution in [0.25, 0.3) is 0 Å². The van der Waals surface area contributed by atoms with Crippen molar-refractivity contribution in [3.63, 3.8) is 0 Å². The quantitative estimate of drug-likeness (QED) is 0.487. The molecule has 0 amide bonds. The number of benzene rings is 2. The van der Waals surface area contributed by atoms with E-state index < -0.39 is 0 Å². The summed E-state index contributed by atoms with van der Waals surface area (Å²) in [7, 11) is 1.97. The number of ether oxygens (including phenoxy) is 1. The van der Waals surface area contributed by atoms with E-state index in [0.29, 0.717) is 0 Å². The second-order valence-electron chi connectivity index (χ2n) is 5.18. The van der Waals surface area contributed by atoms with E-state index in [1.807, 2.05) is 60.4 Å². The van der Waals surface area contributed by atoms with Crippen LogP contribution in [0.5, 0.6) is 11.5 Å². The SMILES string of the molecule is Cn1ccn(C2c3ccccc3Oc3ccccc32)c1=S. The average Bonchev–Trinajstić information content (AvgIpc) is 2.84. The van der Waals surface area contributed by atoms with Crippen LogP contribution in [0.2, 0.25) is 0 Å². The molecular weight excluding hydrogens is 280 g/mol. The molecule has 21 heavy (non-hydrogen) atoms. The number of imidazole rings is 1. The maximum absolute atomic E-state index is 6.02. The van der Waals surface area contributed by atoms with E-state index in [1.165, 1.54) is 0 Å². The lowest BCUT2D eigenvalue weighted by molar-refractivity contribution is 0.433. The van der Waals surface area contributed by atoms with Crippen LogP contribution < -0.4 is 4.74 Å². The van der Waals surface area contributed by atoms with Crippen molar-refractivity contribution in [3.05, 3.63) is 76.8 Å². The van der Waals surface area contributed by atoms with E-state index >= 15 is 0 Å². The van der Waals surface area contributed by atoms with Crippen molar-refractivity contribution < 1.29 is 4.74 Å². The van der Waals surface area contributed by atoms with Crippen molar-refractivity contribution >= 4 is 12.2 Å². The van der Waals surface area contributed by atoms with Gasteiger partial charge in [-0.15, -0.1) is 0 Å². The summed E-state index contributed by atoms with van der Waals surface area (Å²) in [5.74, 6) is 1.79. The van der Waals surface area contributed by atoms with Gasteiger partial charge in [0.05, 0.1) is 6.04 Å². The fraction of sp³-hybridized carbons (Fsp3) is 0.118. The third-order valence-corrected chi connectivity index (χ3v) is 4.40. The lowest BCUT2D eigenvalue weighted by atomic mass is 9.94. The first-order valence-electron chi connectivity index (χ1n) is 6.85. The Bertz CT molecular complexity index is 833. The zero-order valence-electron chi connectivity index (χ0n) is 11.6. The molecule has 0 unspecified atom stereocenters. The summed E-state index contributed by atoms with van der Waals surface area (Å²) in [6, 6.07) is 16.3. The van der Waals surface area contributed by atoms with Crippen LogP contribution in [0.15, 0.2) is 60.9 Å². The standard InChI is InChI=1S/C17H14N2OS/c1-18-10-11-19(17(18)21)16-12-6-2-4-8-14(12)20-15-9-5-3-7-13(15)16/h2-11,16H,1H3. The smallest absolute Gasteiger partial charge is 0.180 e. The van der Waals surface area contributed by atoms with E-state index in [9.17, 15) is 0 Å². The predicted octanol–water partition coefficient (Wildman–Crippen LogP) is 4.30. The molecule has 1 aliphatic rings. The third kappa shape index (κ3) is 1.83. The number of nitrogens with zero attached hydrogens (tertiary/aromatic N) is 2. The Morgan fingerprint density at radius 3 is 2.00 bits per heavy atom. The van der Waals surface area contributed by atoms with Crippen molar-refractivity contribution in [3.8, 4) is 11.5 Å². The van der Waals surface area contributed by atoms with Gasteiger partial charge in [0, 0.05) is 30.6 Å². The minimum Gasteiger partial charge on any atom is -0.457 e. The Hall–Kier alpha value is -2.33. The van der Waals surface area contributed by atoms with E-state index in [-0.39, 0.29) is 6.04 Å². The molecule has 0 N–H and O–H groups in total. The zero-order valence-corrected chi connectivity index (χ0v) is 12.4. The van der Waals surface area contributed by atoms with Gasteiger partial charge in [0.2, 0.25) is 0 Å². The van der Waals surface area contributed by atoms with E-state index in [1.54, 1.807) is 0 Å². The Kier molecular flexibility index (Phi) is 2.72. The molecule has 0 saturated carbocycles. The van der Waals surface area contributed by atoms with Crippen molar-refractivity contribution in [2.24, 2.45) is 7.05 Å². The van der Waals surface area contributed by atoms with Crippen molar-refractivity contribution in [1.29, 1.82) is 0 Å². The van der Waals surface area contributed by atoms with Crippen LogP contribution >= 0.6 is 12.2 Å². The molecule has 4 rings (SSSR count). The Balaban J connectivity index is 2.02. The molecule has 3 nitrogen and oxygen atoms in total. The highest BCUT2D eigenvalue weighted by Gasteiger charge is 2.28. The van der Waals surface area contributed by atoms with Gasteiger partial charge in [-0.25, -0.2) is 0 Å². The maximum atomic E-state index is 6.02. The Morgan fingerprint density at radius 1 is 0.905 bits per heavy atom. The highest BCUT2D eigenvalue weighted by molar-refractivity contribution is 7.71. The fourth-order valence-corrected chi connectivity index (χ4v) is 3.09. The zero-order chi connectivity index (χ0) is 14.4. The van der Waals surface area contributed by atoms with Gasteiger partial charge in [0.15, 0.2) is 4.77 Å². The van der Waals surface area contributed by atoms with Gasteiger partial charge >= 0.3 is 0 Å². The van der Waals surface area contributed by atoms with Crippen molar-refractivity contribution in [1.82, 2.24) is 9.13 Å². The van der Waals surface area contributed by atoms with Crippen molar-refractivity contribution in [2.45, 2.75) is 6.04 Å². The molecule has 0 radical (unpaired) electrons. The van der Waals surface area contributed by atoms with Gasteiger partial charge in [0.1, 0.15) is 11.5 Å². The number of hydrogen-bond acceptors (Lipinski definition) is 2. The highest BCUT2D eigenvalue weighted by atomic mass is 32.1. The van der Waals surface area contributed by atoms with E-state index in [4.69, 9.17) is 17.0 Å². The number of hydrogen-bond donors (Lipinski definition) is 0. The lowest BCUT2D eigenvalue weighted by Gasteiger charge is -2.29. The van der Waals surface area contributed by atoms with Gasteiger partial charge in [0.25, 0.3) is 0 Å². The summed E-state index contributed by atoms with van der Waals surface area (Å²) in [6.07, 6.45) is 4.02. The van der Waals surface area contributed by atoms with Crippen LogP contribution in [-0.4, -0.2) is 9.13 Å². The molecular formula is C17H14N2OS. The van der Waals surface area contributed by atoms with Crippen LogP contribution in [0, 0.1) is 4.77 Å².